The molecule has 7 heteroatoms. The number of para-hydroxylation sites is 1. The Morgan fingerprint density at radius 3 is 2.72 bits per heavy atom. The van der Waals surface area contributed by atoms with E-state index in [0.29, 0.717) is 11.0 Å². The number of thioether (sulfide) groups is 1. The van der Waals surface area contributed by atoms with Gasteiger partial charge in [0.15, 0.2) is 0 Å². The van der Waals surface area contributed by atoms with E-state index in [9.17, 15) is 4.39 Å². The molecule has 2 aromatic heterocycles. The van der Waals surface area contributed by atoms with Gasteiger partial charge in [0.05, 0.1) is 16.0 Å². The fourth-order valence-corrected chi connectivity index (χ4v) is 4.02. The van der Waals surface area contributed by atoms with Crippen LogP contribution in [0.2, 0.25) is 0 Å². The van der Waals surface area contributed by atoms with Crippen LogP contribution in [-0.2, 0) is 5.75 Å². The number of H-pyrrole nitrogens is 1. The van der Waals surface area contributed by atoms with Gasteiger partial charge in [-0.05, 0) is 35.9 Å². The Bertz CT molecular complexity index is 988. The molecule has 2 aromatic carbocycles. The molecule has 4 aromatic rings. The maximum absolute atomic E-state index is 12.9. The van der Waals surface area contributed by atoms with Gasteiger partial charge in [0.25, 0.3) is 0 Å². The van der Waals surface area contributed by atoms with Gasteiger partial charge in [-0.1, -0.05) is 42.1 Å². The van der Waals surface area contributed by atoms with E-state index < -0.39 is 0 Å². The van der Waals surface area contributed by atoms with Crippen LogP contribution in [0.1, 0.15) is 16.4 Å². The van der Waals surface area contributed by atoms with E-state index in [1.54, 1.807) is 35.2 Å². The van der Waals surface area contributed by atoms with Gasteiger partial charge in [-0.3, -0.25) is 5.10 Å². The van der Waals surface area contributed by atoms with Crippen molar-refractivity contribution >= 4 is 45.5 Å². The standard InChI is InChI=1S/C18H13FN4S2/c19-13-8-5-12(6-9-13)7-10-16-21-18(23-22-16)24-11-17-20-14-3-1-2-4-15(14)25-17/h1-10H,11H2,(H,21,22,23)/b10-7+. The summed E-state index contributed by atoms with van der Waals surface area (Å²) in [5, 5.41) is 8.83. The topological polar surface area (TPSA) is 54.5 Å². The number of hydrogen-bond donors (Lipinski definition) is 1. The first-order chi connectivity index (χ1) is 12.3. The number of aromatic nitrogens is 4. The largest absolute Gasteiger partial charge is 0.259 e. The minimum absolute atomic E-state index is 0.245. The highest BCUT2D eigenvalue weighted by molar-refractivity contribution is 7.98. The molecule has 0 radical (unpaired) electrons. The van der Waals surface area contributed by atoms with Crippen LogP contribution in [-0.4, -0.2) is 20.2 Å². The van der Waals surface area contributed by atoms with Crippen molar-refractivity contribution < 1.29 is 4.39 Å². The maximum Gasteiger partial charge on any atom is 0.209 e. The maximum atomic E-state index is 12.9. The van der Waals surface area contributed by atoms with E-state index in [1.807, 2.05) is 30.4 Å². The molecule has 0 fully saturated rings. The fraction of sp³-hybridized carbons (Fsp3) is 0.0556. The SMILES string of the molecule is Fc1ccc(/C=C/c2nc(SCc3nc4ccccc4s3)n[nH]2)cc1. The van der Waals surface area contributed by atoms with Gasteiger partial charge in [0, 0.05) is 0 Å². The monoisotopic (exact) mass is 368 g/mol. The smallest absolute Gasteiger partial charge is 0.209 e. The van der Waals surface area contributed by atoms with E-state index >= 15 is 0 Å². The third-order valence-electron chi connectivity index (χ3n) is 3.45. The van der Waals surface area contributed by atoms with E-state index in [0.717, 1.165) is 21.8 Å². The number of nitrogens with zero attached hydrogens (tertiary/aromatic N) is 3. The normalized spacial score (nSPS) is 11.6. The lowest BCUT2D eigenvalue weighted by Gasteiger charge is -1.92. The first-order valence-corrected chi connectivity index (χ1v) is 9.40. The van der Waals surface area contributed by atoms with Crippen LogP contribution < -0.4 is 0 Å². The zero-order chi connectivity index (χ0) is 17.1. The van der Waals surface area contributed by atoms with Crippen LogP contribution in [0.5, 0.6) is 0 Å². The molecule has 0 bridgehead atoms. The molecule has 2 heterocycles. The van der Waals surface area contributed by atoms with Gasteiger partial charge in [-0.15, -0.1) is 16.4 Å². The Balaban J connectivity index is 1.40. The summed E-state index contributed by atoms with van der Waals surface area (Å²) in [5.74, 6) is 1.15. The van der Waals surface area contributed by atoms with Crippen molar-refractivity contribution in [2.45, 2.75) is 10.9 Å². The first kappa shape index (κ1) is 16.0. The van der Waals surface area contributed by atoms with Crippen molar-refractivity contribution in [2.24, 2.45) is 0 Å². The molecular weight excluding hydrogens is 355 g/mol. The lowest BCUT2D eigenvalue weighted by atomic mass is 10.2. The molecule has 0 saturated carbocycles. The second-order valence-corrected chi connectivity index (χ2v) is 7.31. The number of aromatic amines is 1. The molecule has 0 atom stereocenters. The Hall–Kier alpha value is -2.51. The third kappa shape index (κ3) is 3.94. The van der Waals surface area contributed by atoms with Gasteiger partial charge >= 0.3 is 0 Å². The predicted molar refractivity (Wildman–Crippen MR) is 101 cm³/mol. The Kier molecular flexibility index (Phi) is 4.58. The quantitative estimate of drug-likeness (QED) is 0.503. The molecule has 0 aliphatic carbocycles. The van der Waals surface area contributed by atoms with E-state index in [4.69, 9.17) is 0 Å². The molecule has 4 rings (SSSR count). The van der Waals surface area contributed by atoms with Crippen LogP contribution in [0.25, 0.3) is 22.4 Å². The molecule has 4 nitrogen and oxygen atoms in total. The highest BCUT2D eigenvalue weighted by atomic mass is 32.2. The second-order valence-electron chi connectivity index (χ2n) is 5.25. The average molecular weight is 368 g/mol. The Morgan fingerprint density at radius 2 is 1.88 bits per heavy atom. The summed E-state index contributed by atoms with van der Waals surface area (Å²) in [4.78, 5) is 9.03. The zero-order valence-electron chi connectivity index (χ0n) is 13.0. The fourth-order valence-electron chi connectivity index (χ4n) is 2.25. The van der Waals surface area contributed by atoms with Crippen molar-refractivity contribution in [2.75, 3.05) is 0 Å². The molecule has 124 valence electrons. The first-order valence-electron chi connectivity index (χ1n) is 7.59. The van der Waals surface area contributed by atoms with Crippen LogP contribution >= 0.6 is 23.1 Å². The Morgan fingerprint density at radius 1 is 1.04 bits per heavy atom. The number of fused-ring (bicyclic) bond motifs is 1. The molecule has 0 aliphatic rings. The second kappa shape index (κ2) is 7.16. The van der Waals surface area contributed by atoms with Crippen molar-refractivity contribution in [1.29, 1.82) is 0 Å². The van der Waals surface area contributed by atoms with Crippen LogP contribution in [0.15, 0.2) is 53.7 Å². The summed E-state index contributed by atoms with van der Waals surface area (Å²) in [7, 11) is 0. The Labute approximate surface area is 151 Å². The van der Waals surface area contributed by atoms with Gasteiger partial charge < -0.3 is 0 Å². The van der Waals surface area contributed by atoms with Gasteiger partial charge in [-0.2, -0.15) is 0 Å². The molecule has 0 aliphatic heterocycles. The molecule has 1 N–H and O–H groups in total. The molecular formula is C18H13FN4S2. The summed E-state index contributed by atoms with van der Waals surface area (Å²) in [6.07, 6.45) is 3.68. The minimum atomic E-state index is -0.245. The summed E-state index contributed by atoms with van der Waals surface area (Å²) in [6.45, 7) is 0. The molecule has 25 heavy (non-hydrogen) atoms. The van der Waals surface area contributed by atoms with Gasteiger partial charge in [0.2, 0.25) is 5.16 Å². The van der Waals surface area contributed by atoms with Crippen molar-refractivity contribution in [3.05, 3.63) is 70.7 Å². The highest BCUT2D eigenvalue weighted by Crippen LogP contribution is 2.26. The van der Waals surface area contributed by atoms with Crippen molar-refractivity contribution in [3.8, 4) is 0 Å². The zero-order valence-corrected chi connectivity index (χ0v) is 14.6. The number of thiazole rings is 1. The molecule has 0 amide bonds. The molecule has 0 spiro atoms. The van der Waals surface area contributed by atoms with Gasteiger partial charge in [0.1, 0.15) is 16.6 Å². The highest BCUT2D eigenvalue weighted by Gasteiger charge is 2.06. The number of halogens is 1. The number of benzene rings is 2. The van der Waals surface area contributed by atoms with E-state index in [1.165, 1.54) is 16.8 Å². The van der Waals surface area contributed by atoms with Gasteiger partial charge in [-0.25, -0.2) is 14.4 Å². The summed E-state index contributed by atoms with van der Waals surface area (Å²) < 4.78 is 14.1. The predicted octanol–water partition coefficient (Wildman–Crippen LogP) is 5.02. The summed E-state index contributed by atoms with van der Waals surface area (Å²) in [5.41, 5.74) is 1.93. The molecule has 0 unspecified atom stereocenters. The number of hydrogen-bond acceptors (Lipinski definition) is 5. The summed E-state index contributed by atoms with van der Waals surface area (Å²) in [6, 6.07) is 14.4. The van der Waals surface area contributed by atoms with Crippen LogP contribution in [0.4, 0.5) is 4.39 Å². The molecule has 0 saturated heterocycles. The lowest BCUT2D eigenvalue weighted by Crippen LogP contribution is -1.80. The van der Waals surface area contributed by atoms with E-state index in [-0.39, 0.29) is 5.82 Å². The lowest BCUT2D eigenvalue weighted by molar-refractivity contribution is 0.628. The third-order valence-corrected chi connectivity index (χ3v) is 5.53. The summed E-state index contributed by atoms with van der Waals surface area (Å²) >= 11 is 3.23. The number of nitrogens with one attached hydrogen (secondary N) is 1. The van der Waals surface area contributed by atoms with Crippen LogP contribution in [0.3, 0.4) is 0 Å². The van der Waals surface area contributed by atoms with Crippen molar-refractivity contribution in [1.82, 2.24) is 20.2 Å². The van der Waals surface area contributed by atoms with Crippen LogP contribution in [0, 0.1) is 5.82 Å². The number of rotatable bonds is 5. The van der Waals surface area contributed by atoms with E-state index in [2.05, 4.69) is 26.2 Å². The average Bonchev–Trinajstić information content (AvgIpc) is 3.25. The van der Waals surface area contributed by atoms with Crippen molar-refractivity contribution in [3.63, 3.8) is 0 Å². The minimum Gasteiger partial charge on any atom is -0.259 e.